The number of hydrogen-bond acceptors (Lipinski definition) is 6. The van der Waals surface area contributed by atoms with Gasteiger partial charge in [0, 0.05) is 11.1 Å². The summed E-state index contributed by atoms with van der Waals surface area (Å²) in [5, 5.41) is 11.6. The SMILES string of the molecule is COC(=O)c1ccc(-c2ccc3c(c2)C[C@@H](N(C[C@@H](O)c2ccc(Cl)cc2)C(=O)OC(C)(C)C)CC3)cc1OC. The zero-order valence-corrected chi connectivity index (χ0v) is 24.3. The molecule has 8 heteroatoms. The van der Waals surface area contributed by atoms with Crippen molar-refractivity contribution in [2.75, 3.05) is 20.8 Å². The smallest absolute Gasteiger partial charge is 0.410 e. The maximum atomic E-state index is 13.4. The number of ether oxygens (including phenoxy) is 3. The number of halogens is 1. The van der Waals surface area contributed by atoms with Gasteiger partial charge in [-0.25, -0.2) is 9.59 Å². The third kappa shape index (κ3) is 6.95. The van der Waals surface area contributed by atoms with Crippen LogP contribution in [0.4, 0.5) is 4.79 Å². The fourth-order valence-electron chi connectivity index (χ4n) is 5.00. The lowest BCUT2D eigenvalue weighted by atomic mass is 9.85. The van der Waals surface area contributed by atoms with Gasteiger partial charge in [-0.2, -0.15) is 0 Å². The Labute approximate surface area is 240 Å². The summed E-state index contributed by atoms with van der Waals surface area (Å²) in [5.74, 6) is -0.0214. The normalized spacial score (nSPS) is 15.5. The standard InChI is InChI=1S/C32H36ClNO6/c1-32(2,3)40-31(37)34(19-28(35)21-8-12-25(33)13-9-21)26-14-10-20-6-7-22(16-24(20)17-26)23-11-15-27(30(36)39-5)29(18-23)38-4/h6-9,11-13,15-16,18,26,28,35H,10,14,17,19H2,1-5H3/t26-,28+/m0/s1. The fourth-order valence-corrected chi connectivity index (χ4v) is 5.13. The molecule has 2 atom stereocenters. The second-order valence-electron chi connectivity index (χ2n) is 11.0. The first-order chi connectivity index (χ1) is 19.0. The number of benzene rings is 3. The molecule has 0 spiro atoms. The molecule has 212 valence electrons. The van der Waals surface area contributed by atoms with Gasteiger partial charge >= 0.3 is 12.1 Å². The van der Waals surface area contributed by atoms with E-state index in [0.29, 0.717) is 28.3 Å². The van der Waals surface area contributed by atoms with E-state index in [9.17, 15) is 14.7 Å². The number of esters is 1. The quantitative estimate of drug-likeness (QED) is 0.324. The van der Waals surface area contributed by atoms with Crippen molar-refractivity contribution in [1.29, 1.82) is 0 Å². The minimum atomic E-state index is -0.890. The number of hydrogen-bond donors (Lipinski definition) is 1. The van der Waals surface area contributed by atoms with E-state index < -0.39 is 23.8 Å². The van der Waals surface area contributed by atoms with Crippen molar-refractivity contribution in [1.82, 2.24) is 4.90 Å². The van der Waals surface area contributed by atoms with Gasteiger partial charge in [-0.15, -0.1) is 0 Å². The van der Waals surface area contributed by atoms with Crippen molar-refractivity contribution in [2.45, 2.75) is 57.8 Å². The van der Waals surface area contributed by atoms with Crippen molar-refractivity contribution in [3.63, 3.8) is 0 Å². The molecule has 1 aliphatic carbocycles. The van der Waals surface area contributed by atoms with E-state index in [1.165, 1.54) is 19.8 Å². The Kier molecular flexibility index (Phi) is 9.06. The van der Waals surface area contributed by atoms with Gasteiger partial charge in [0.1, 0.15) is 16.9 Å². The lowest BCUT2D eigenvalue weighted by molar-refractivity contribution is 0.00194. The van der Waals surface area contributed by atoms with Crippen LogP contribution >= 0.6 is 11.6 Å². The molecule has 7 nitrogen and oxygen atoms in total. The topological polar surface area (TPSA) is 85.3 Å². The Hall–Kier alpha value is -3.55. The van der Waals surface area contributed by atoms with Crippen molar-refractivity contribution in [3.8, 4) is 16.9 Å². The van der Waals surface area contributed by atoms with Crippen molar-refractivity contribution >= 4 is 23.7 Å². The fraction of sp³-hybridized carbons (Fsp3) is 0.375. The number of rotatable bonds is 7. The summed E-state index contributed by atoms with van der Waals surface area (Å²) < 4.78 is 16.1. The number of aliphatic hydroxyl groups excluding tert-OH is 1. The number of aryl methyl sites for hydroxylation is 1. The van der Waals surface area contributed by atoms with Gasteiger partial charge < -0.3 is 24.2 Å². The van der Waals surface area contributed by atoms with Gasteiger partial charge in [-0.1, -0.05) is 48.0 Å². The summed E-state index contributed by atoms with van der Waals surface area (Å²) in [6.07, 6.45) is 0.820. The average molecular weight is 566 g/mol. The van der Waals surface area contributed by atoms with Gasteiger partial charge in [0.05, 0.1) is 26.9 Å². The predicted molar refractivity (Wildman–Crippen MR) is 155 cm³/mol. The van der Waals surface area contributed by atoms with Gasteiger partial charge in [0.2, 0.25) is 0 Å². The maximum Gasteiger partial charge on any atom is 0.410 e. The lowest BCUT2D eigenvalue weighted by Gasteiger charge is -2.37. The molecule has 3 aromatic carbocycles. The number of fused-ring (bicyclic) bond motifs is 1. The molecule has 0 aliphatic heterocycles. The van der Waals surface area contributed by atoms with Crippen LogP contribution in [0.15, 0.2) is 60.7 Å². The van der Waals surface area contributed by atoms with Crippen molar-refractivity contribution in [3.05, 3.63) is 87.9 Å². The number of nitrogens with zero attached hydrogens (tertiary/aromatic N) is 1. The highest BCUT2D eigenvalue weighted by atomic mass is 35.5. The van der Waals surface area contributed by atoms with Crippen LogP contribution in [-0.4, -0.2) is 54.5 Å². The van der Waals surface area contributed by atoms with E-state index in [4.69, 9.17) is 25.8 Å². The maximum absolute atomic E-state index is 13.4. The molecule has 1 N–H and O–H groups in total. The molecule has 0 saturated heterocycles. The third-order valence-electron chi connectivity index (χ3n) is 7.04. The number of aliphatic hydroxyl groups is 1. The summed E-state index contributed by atoms with van der Waals surface area (Å²) in [6, 6.07) is 18.5. The third-order valence-corrected chi connectivity index (χ3v) is 7.29. The molecule has 3 aromatic rings. The van der Waals surface area contributed by atoms with E-state index in [-0.39, 0.29) is 12.6 Å². The van der Waals surface area contributed by atoms with Gasteiger partial charge in [0.15, 0.2) is 0 Å². The van der Waals surface area contributed by atoms with Crippen LogP contribution in [0.25, 0.3) is 11.1 Å². The predicted octanol–water partition coefficient (Wildman–Crippen LogP) is 6.63. The first-order valence-corrected chi connectivity index (χ1v) is 13.7. The molecule has 0 heterocycles. The summed E-state index contributed by atoms with van der Waals surface area (Å²) in [6.45, 7) is 5.60. The molecular weight excluding hydrogens is 530 g/mol. The molecule has 0 aromatic heterocycles. The lowest BCUT2D eigenvalue weighted by Crippen LogP contribution is -2.47. The minimum Gasteiger partial charge on any atom is -0.496 e. The van der Waals surface area contributed by atoms with Crippen LogP contribution in [0.5, 0.6) is 5.75 Å². The zero-order chi connectivity index (χ0) is 29.0. The minimum absolute atomic E-state index is 0.0996. The Morgan fingerprint density at radius 2 is 1.68 bits per heavy atom. The van der Waals surface area contributed by atoms with Crippen LogP contribution < -0.4 is 4.74 Å². The largest absolute Gasteiger partial charge is 0.496 e. The van der Waals surface area contributed by atoms with E-state index in [2.05, 4.69) is 18.2 Å². The number of carbonyl (C=O) groups excluding carboxylic acids is 2. The molecule has 1 amide bonds. The molecule has 0 unspecified atom stereocenters. The summed E-state index contributed by atoms with van der Waals surface area (Å²) in [5.41, 5.74) is 4.59. The van der Waals surface area contributed by atoms with Crippen LogP contribution in [-0.2, 0) is 22.3 Å². The molecular formula is C32H36ClNO6. The van der Waals surface area contributed by atoms with E-state index >= 15 is 0 Å². The number of methoxy groups -OCH3 is 2. The summed E-state index contributed by atoms with van der Waals surface area (Å²) in [4.78, 5) is 27.1. The second kappa shape index (κ2) is 12.3. The van der Waals surface area contributed by atoms with Crippen LogP contribution in [0, 0.1) is 0 Å². The summed E-state index contributed by atoms with van der Waals surface area (Å²) in [7, 11) is 2.86. The highest BCUT2D eigenvalue weighted by molar-refractivity contribution is 6.30. The number of carbonyl (C=O) groups is 2. The molecule has 0 saturated carbocycles. The Balaban J connectivity index is 1.61. The van der Waals surface area contributed by atoms with Crippen molar-refractivity contribution < 1.29 is 28.9 Å². The van der Waals surface area contributed by atoms with E-state index in [0.717, 1.165) is 29.5 Å². The Morgan fingerprint density at radius 1 is 1.00 bits per heavy atom. The monoisotopic (exact) mass is 565 g/mol. The summed E-state index contributed by atoms with van der Waals surface area (Å²) >= 11 is 6.02. The van der Waals surface area contributed by atoms with E-state index in [1.54, 1.807) is 35.2 Å². The first kappa shape index (κ1) is 29.4. The van der Waals surface area contributed by atoms with Crippen LogP contribution in [0.2, 0.25) is 5.02 Å². The number of amides is 1. The highest BCUT2D eigenvalue weighted by Crippen LogP contribution is 2.33. The Morgan fingerprint density at radius 3 is 2.33 bits per heavy atom. The van der Waals surface area contributed by atoms with Crippen LogP contribution in [0.3, 0.4) is 0 Å². The Bertz CT molecular complexity index is 1360. The molecule has 4 rings (SSSR count). The molecule has 0 radical (unpaired) electrons. The van der Waals surface area contributed by atoms with Crippen LogP contribution in [0.1, 0.15) is 60.3 Å². The molecule has 40 heavy (non-hydrogen) atoms. The van der Waals surface area contributed by atoms with Crippen molar-refractivity contribution in [2.24, 2.45) is 0 Å². The molecule has 0 bridgehead atoms. The molecule has 1 aliphatic rings. The second-order valence-corrected chi connectivity index (χ2v) is 11.4. The molecule has 0 fully saturated rings. The van der Waals surface area contributed by atoms with E-state index in [1.807, 2.05) is 32.9 Å². The van der Waals surface area contributed by atoms with Gasteiger partial charge in [-0.3, -0.25) is 0 Å². The highest BCUT2D eigenvalue weighted by Gasteiger charge is 2.33. The zero-order valence-electron chi connectivity index (χ0n) is 23.6. The first-order valence-electron chi connectivity index (χ1n) is 13.3. The van der Waals surface area contributed by atoms with Gasteiger partial charge in [-0.05, 0) is 92.1 Å². The van der Waals surface area contributed by atoms with Gasteiger partial charge in [0.25, 0.3) is 0 Å². The average Bonchev–Trinajstić information content (AvgIpc) is 2.93.